The lowest BCUT2D eigenvalue weighted by molar-refractivity contribution is -0.111. The third-order valence-corrected chi connectivity index (χ3v) is 2.18. The molecule has 0 radical (unpaired) electrons. The van der Waals surface area contributed by atoms with Crippen LogP contribution in [-0.4, -0.2) is 30.1 Å². The third kappa shape index (κ3) is 2.87. The van der Waals surface area contributed by atoms with Gasteiger partial charge in [0.05, 0.1) is 6.54 Å². The average Bonchev–Trinajstić information content (AvgIpc) is 2.17. The van der Waals surface area contributed by atoms with E-state index < -0.39 is 6.29 Å². The van der Waals surface area contributed by atoms with E-state index in [4.69, 9.17) is 9.47 Å². The second kappa shape index (κ2) is 5.04. The summed E-state index contributed by atoms with van der Waals surface area (Å²) >= 11 is 0. The number of aryl methyl sites for hydroxylation is 2. The van der Waals surface area contributed by atoms with Crippen molar-refractivity contribution in [3.05, 3.63) is 27.9 Å². The number of hydrogen-bond acceptors (Lipinski definition) is 4. The van der Waals surface area contributed by atoms with E-state index in [-0.39, 0.29) is 5.56 Å². The molecular weight excluding hydrogens is 196 g/mol. The average molecular weight is 212 g/mol. The Morgan fingerprint density at radius 1 is 1.40 bits per heavy atom. The SMILES string of the molecule is COC(Cn1c(C)nc(C)cc1=O)OC. The third-order valence-electron chi connectivity index (χ3n) is 2.18. The van der Waals surface area contributed by atoms with Crippen molar-refractivity contribution < 1.29 is 9.47 Å². The van der Waals surface area contributed by atoms with Gasteiger partial charge in [-0.2, -0.15) is 0 Å². The number of nitrogens with zero attached hydrogens (tertiary/aromatic N) is 2. The van der Waals surface area contributed by atoms with Crippen molar-refractivity contribution in [2.45, 2.75) is 26.7 Å². The largest absolute Gasteiger partial charge is 0.354 e. The summed E-state index contributed by atoms with van der Waals surface area (Å²) in [6, 6.07) is 1.50. The first-order valence-electron chi connectivity index (χ1n) is 4.69. The van der Waals surface area contributed by atoms with E-state index in [1.165, 1.54) is 24.9 Å². The Morgan fingerprint density at radius 2 is 2.00 bits per heavy atom. The Kier molecular flexibility index (Phi) is 3.99. The maximum atomic E-state index is 11.6. The number of methoxy groups -OCH3 is 2. The van der Waals surface area contributed by atoms with Crippen LogP contribution in [0.2, 0.25) is 0 Å². The number of rotatable bonds is 4. The molecule has 0 aliphatic rings. The van der Waals surface area contributed by atoms with Gasteiger partial charge in [-0.3, -0.25) is 9.36 Å². The van der Waals surface area contributed by atoms with Crippen molar-refractivity contribution >= 4 is 0 Å². The van der Waals surface area contributed by atoms with Crippen molar-refractivity contribution in [2.75, 3.05) is 14.2 Å². The molecule has 0 saturated carbocycles. The maximum absolute atomic E-state index is 11.6. The predicted molar refractivity (Wildman–Crippen MR) is 55.8 cm³/mol. The van der Waals surface area contributed by atoms with Gasteiger partial charge in [-0.15, -0.1) is 0 Å². The quantitative estimate of drug-likeness (QED) is 0.681. The molecule has 0 amide bonds. The molecule has 84 valence electrons. The molecular formula is C10H16N2O3. The predicted octanol–water partition coefficient (Wildman–Crippen LogP) is 0.479. The summed E-state index contributed by atoms with van der Waals surface area (Å²) in [5, 5.41) is 0. The molecule has 0 spiro atoms. The minimum absolute atomic E-state index is 0.0842. The fraction of sp³-hybridized carbons (Fsp3) is 0.600. The van der Waals surface area contributed by atoms with Gasteiger partial charge in [-0.05, 0) is 13.8 Å². The standard InChI is InChI=1S/C10H16N2O3/c1-7-5-9(13)12(8(2)11-7)6-10(14-3)15-4/h5,10H,6H2,1-4H3. The lowest BCUT2D eigenvalue weighted by Gasteiger charge is -2.16. The van der Waals surface area contributed by atoms with Crippen LogP contribution in [0.1, 0.15) is 11.5 Å². The molecule has 1 aromatic heterocycles. The molecule has 5 heteroatoms. The second-order valence-electron chi connectivity index (χ2n) is 3.29. The lowest BCUT2D eigenvalue weighted by Crippen LogP contribution is -2.31. The van der Waals surface area contributed by atoms with Gasteiger partial charge < -0.3 is 9.47 Å². The molecule has 15 heavy (non-hydrogen) atoms. The molecule has 0 aliphatic carbocycles. The molecule has 1 heterocycles. The Balaban J connectivity index is 2.99. The van der Waals surface area contributed by atoms with E-state index in [0.29, 0.717) is 12.4 Å². The highest BCUT2D eigenvalue weighted by atomic mass is 16.7. The summed E-state index contributed by atoms with van der Waals surface area (Å²) < 4.78 is 11.6. The Morgan fingerprint density at radius 3 is 2.47 bits per heavy atom. The van der Waals surface area contributed by atoms with E-state index in [1.54, 1.807) is 13.8 Å². The summed E-state index contributed by atoms with van der Waals surface area (Å²) in [6.45, 7) is 3.94. The van der Waals surface area contributed by atoms with E-state index in [1.807, 2.05) is 0 Å². The number of aromatic nitrogens is 2. The van der Waals surface area contributed by atoms with Gasteiger partial charge in [0.15, 0.2) is 6.29 Å². The zero-order valence-electron chi connectivity index (χ0n) is 9.48. The second-order valence-corrected chi connectivity index (χ2v) is 3.29. The zero-order valence-corrected chi connectivity index (χ0v) is 9.48. The highest BCUT2D eigenvalue weighted by Crippen LogP contribution is 1.98. The van der Waals surface area contributed by atoms with E-state index in [2.05, 4.69) is 4.98 Å². The molecule has 0 N–H and O–H groups in total. The Hall–Kier alpha value is -1.20. The molecule has 0 unspecified atom stereocenters. The van der Waals surface area contributed by atoms with Gasteiger partial charge in [0.1, 0.15) is 5.82 Å². The monoisotopic (exact) mass is 212 g/mol. The maximum Gasteiger partial charge on any atom is 0.253 e. The van der Waals surface area contributed by atoms with E-state index in [9.17, 15) is 4.79 Å². The summed E-state index contributed by atoms with van der Waals surface area (Å²) in [5.41, 5.74) is 0.638. The first-order chi connectivity index (χ1) is 7.08. The summed E-state index contributed by atoms with van der Waals surface area (Å²) in [7, 11) is 3.08. The topological polar surface area (TPSA) is 53.4 Å². The lowest BCUT2D eigenvalue weighted by atomic mass is 10.4. The first-order valence-corrected chi connectivity index (χ1v) is 4.69. The van der Waals surface area contributed by atoms with Crippen LogP contribution in [0, 0.1) is 13.8 Å². The van der Waals surface area contributed by atoms with E-state index in [0.717, 1.165) is 5.69 Å². The summed E-state index contributed by atoms with van der Waals surface area (Å²) in [5.74, 6) is 0.666. The minimum atomic E-state index is -0.425. The van der Waals surface area contributed by atoms with Gasteiger partial charge in [0.25, 0.3) is 5.56 Å². The molecule has 1 aromatic rings. The molecule has 5 nitrogen and oxygen atoms in total. The smallest absolute Gasteiger partial charge is 0.253 e. The van der Waals surface area contributed by atoms with Gasteiger partial charge in [0.2, 0.25) is 0 Å². The molecule has 0 fully saturated rings. The highest BCUT2D eigenvalue weighted by molar-refractivity contribution is 5.01. The Bertz CT molecular complexity index is 383. The molecule has 0 saturated heterocycles. The molecule has 0 atom stereocenters. The van der Waals surface area contributed by atoms with Crippen molar-refractivity contribution in [2.24, 2.45) is 0 Å². The van der Waals surface area contributed by atoms with Crippen LogP contribution in [0.5, 0.6) is 0 Å². The minimum Gasteiger partial charge on any atom is -0.354 e. The van der Waals surface area contributed by atoms with Gasteiger partial charge in [-0.25, -0.2) is 4.98 Å². The van der Waals surface area contributed by atoms with Gasteiger partial charge >= 0.3 is 0 Å². The van der Waals surface area contributed by atoms with Crippen molar-refractivity contribution in [3.8, 4) is 0 Å². The van der Waals surface area contributed by atoms with Crippen LogP contribution in [0.15, 0.2) is 10.9 Å². The molecule has 0 aliphatic heterocycles. The summed E-state index contributed by atoms with van der Waals surface area (Å²) in [6.07, 6.45) is -0.425. The molecule has 1 rings (SSSR count). The fourth-order valence-electron chi connectivity index (χ4n) is 1.38. The molecule has 0 aromatic carbocycles. The normalized spacial score (nSPS) is 11.0. The number of hydrogen-bond donors (Lipinski definition) is 0. The van der Waals surface area contributed by atoms with Crippen LogP contribution in [-0.2, 0) is 16.0 Å². The van der Waals surface area contributed by atoms with Crippen molar-refractivity contribution in [1.29, 1.82) is 0 Å². The highest BCUT2D eigenvalue weighted by Gasteiger charge is 2.10. The summed E-state index contributed by atoms with van der Waals surface area (Å²) in [4.78, 5) is 15.8. The zero-order chi connectivity index (χ0) is 11.4. The van der Waals surface area contributed by atoms with Crippen LogP contribution in [0.3, 0.4) is 0 Å². The van der Waals surface area contributed by atoms with Gasteiger partial charge in [-0.1, -0.05) is 0 Å². The van der Waals surface area contributed by atoms with Crippen LogP contribution < -0.4 is 5.56 Å². The molecule has 0 bridgehead atoms. The number of ether oxygens (including phenoxy) is 2. The Labute approximate surface area is 88.7 Å². The van der Waals surface area contributed by atoms with Gasteiger partial charge in [0, 0.05) is 26.0 Å². The first kappa shape index (κ1) is 11.9. The van der Waals surface area contributed by atoms with E-state index >= 15 is 0 Å². The van der Waals surface area contributed by atoms with Crippen LogP contribution >= 0.6 is 0 Å². The fourth-order valence-corrected chi connectivity index (χ4v) is 1.38. The van der Waals surface area contributed by atoms with Crippen molar-refractivity contribution in [3.63, 3.8) is 0 Å². The van der Waals surface area contributed by atoms with Crippen LogP contribution in [0.25, 0.3) is 0 Å². The van der Waals surface area contributed by atoms with Crippen molar-refractivity contribution in [1.82, 2.24) is 9.55 Å². The van der Waals surface area contributed by atoms with Crippen LogP contribution in [0.4, 0.5) is 0 Å².